The van der Waals surface area contributed by atoms with E-state index in [0.29, 0.717) is 23.0 Å². The minimum Gasteiger partial charge on any atom is -0.496 e. The van der Waals surface area contributed by atoms with Gasteiger partial charge in [0.1, 0.15) is 5.75 Å². The number of hydrogen-bond donors (Lipinski definition) is 1. The normalized spacial score (nSPS) is 11.6. The molecule has 1 atom stereocenters. The molecule has 3 rings (SSSR count). The van der Waals surface area contributed by atoms with Crippen LogP contribution in [0.25, 0.3) is 11.4 Å². The van der Waals surface area contributed by atoms with Crippen LogP contribution >= 0.6 is 0 Å². The number of aromatic nitrogens is 2. The summed E-state index contributed by atoms with van der Waals surface area (Å²) in [6.45, 7) is 0. The summed E-state index contributed by atoms with van der Waals surface area (Å²) < 4.78 is 5.37. The number of carboxylic acid groups (broad SMARTS) is 1. The summed E-state index contributed by atoms with van der Waals surface area (Å²) in [5.41, 5.74) is 1.59. The van der Waals surface area contributed by atoms with Crippen molar-refractivity contribution < 1.29 is 19.5 Å². The van der Waals surface area contributed by atoms with Crippen molar-refractivity contribution in [3.05, 3.63) is 72.4 Å². The lowest BCUT2D eigenvalue weighted by Gasteiger charge is -2.27. The van der Waals surface area contributed by atoms with Crippen LogP contribution in [0.3, 0.4) is 0 Å². The largest absolute Gasteiger partial charge is 0.496 e. The maximum absolute atomic E-state index is 11.9. The van der Waals surface area contributed by atoms with Crippen molar-refractivity contribution in [2.45, 2.75) is 12.5 Å². The van der Waals surface area contributed by atoms with Gasteiger partial charge in [-0.15, -0.1) is 0 Å². The molecule has 3 aromatic rings. The van der Waals surface area contributed by atoms with E-state index < -0.39 is 12.0 Å². The predicted molar refractivity (Wildman–Crippen MR) is 105 cm³/mol. The monoisotopic (exact) mass is 379 g/mol. The minimum atomic E-state index is -1.01. The Kier molecular flexibility index (Phi) is 6.18. The molecular formula is C21H21N3O4. The fraction of sp³-hybridized carbons (Fsp3) is 0.190. The van der Waals surface area contributed by atoms with Crippen LogP contribution in [-0.4, -0.2) is 41.3 Å². The zero-order chi connectivity index (χ0) is 19.9. The van der Waals surface area contributed by atoms with Crippen molar-refractivity contribution in [2.75, 3.05) is 19.3 Å². The molecule has 0 aliphatic heterocycles. The summed E-state index contributed by atoms with van der Waals surface area (Å²) in [5.74, 6) is 0.383. The second-order valence-corrected chi connectivity index (χ2v) is 5.99. The Morgan fingerprint density at radius 3 is 2.46 bits per heavy atom. The van der Waals surface area contributed by atoms with Crippen LogP contribution in [0, 0.1) is 0 Å². The van der Waals surface area contributed by atoms with Gasteiger partial charge in [0.2, 0.25) is 0 Å². The second kappa shape index (κ2) is 8.96. The number of carboxylic acids is 1. The number of ether oxygens (including phenoxy) is 1. The minimum absolute atomic E-state index is 0.262. The Hall–Kier alpha value is -3.45. The topological polar surface area (TPSA) is 84.8 Å². The molecular weight excluding hydrogens is 358 g/mol. The lowest BCUT2D eigenvalue weighted by atomic mass is 10.1. The van der Waals surface area contributed by atoms with Crippen molar-refractivity contribution in [1.29, 1.82) is 0 Å². The number of aliphatic carboxylic acids is 1. The molecule has 0 amide bonds. The molecule has 0 unspecified atom stereocenters. The SMILES string of the molecule is COc1ccccc1-c1nccc(N(OC)[C@@H](Cc2ccccc2)C(=O)O)n1. The second-order valence-electron chi connectivity index (χ2n) is 5.99. The van der Waals surface area contributed by atoms with Gasteiger partial charge in [-0.3, -0.25) is 4.84 Å². The van der Waals surface area contributed by atoms with Crippen molar-refractivity contribution >= 4 is 11.8 Å². The van der Waals surface area contributed by atoms with Crippen molar-refractivity contribution in [3.63, 3.8) is 0 Å². The van der Waals surface area contributed by atoms with E-state index in [2.05, 4.69) is 9.97 Å². The molecule has 7 heteroatoms. The number of benzene rings is 2. The third kappa shape index (κ3) is 4.27. The number of para-hydroxylation sites is 1. The van der Waals surface area contributed by atoms with E-state index in [1.165, 1.54) is 12.2 Å². The third-order valence-electron chi connectivity index (χ3n) is 4.25. The van der Waals surface area contributed by atoms with Gasteiger partial charge in [-0.05, 0) is 17.7 Å². The molecule has 0 saturated carbocycles. The van der Waals surface area contributed by atoms with E-state index in [0.717, 1.165) is 5.56 Å². The molecule has 0 fully saturated rings. The number of hydroxylamine groups is 1. The fourth-order valence-corrected chi connectivity index (χ4v) is 2.92. The predicted octanol–water partition coefficient (Wildman–Crippen LogP) is 3.22. The van der Waals surface area contributed by atoms with Crippen LogP contribution in [0.5, 0.6) is 5.75 Å². The molecule has 7 nitrogen and oxygen atoms in total. The first kappa shape index (κ1) is 19.3. The van der Waals surface area contributed by atoms with E-state index in [-0.39, 0.29) is 6.42 Å². The van der Waals surface area contributed by atoms with Crippen molar-refractivity contribution in [1.82, 2.24) is 9.97 Å². The van der Waals surface area contributed by atoms with Crippen LogP contribution in [-0.2, 0) is 16.1 Å². The van der Waals surface area contributed by atoms with Crippen LogP contribution < -0.4 is 9.80 Å². The lowest BCUT2D eigenvalue weighted by molar-refractivity contribution is -0.140. The summed E-state index contributed by atoms with van der Waals surface area (Å²) in [5, 5.41) is 11.1. The van der Waals surface area contributed by atoms with E-state index in [4.69, 9.17) is 9.57 Å². The van der Waals surface area contributed by atoms with Gasteiger partial charge < -0.3 is 9.84 Å². The molecule has 0 radical (unpaired) electrons. The highest BCUT2D eigenvalue weighted by Gasteiger charge is 2.28. The molecule has 28 heavy (non-hydrogen) atoms. The maximum Gasteiger partial charge on any atom is 0.329 e. The van der Waals surface area contributed by atoms with E-state index in [1.54, 1.807) is 19.4 Å². The fourth-order valence-electron chi connectivity index (χ4n) is 2.92. The molecule has 1 aromatic heterocycles. The summed E-state index contributed by atoms with van der Waals surface area (Å²) in [7, 11) is 3.00. The Morgan fingerprint density at radius 1 is 1.07 bits per heavy atom. The molecule has 0 saturated heterocycles. The average molecular weight is 379 g/mol. The standard InChI is InChI=1S/C21H21N3O4/c1-27-18-11-7-6-10-16(18)20-22-13-12-19(23-20)24(28-2)17(21(25)26)14-15-8-4-3-5-9-15/h3-13,17H,14H2,1-2H3,(H,25,26)/t17-/m0/s1. The van der Waals surface area contributed by atoms with Gasteiger partial charge in [-0.25, -0.2) is 19.8 Å². The van der Waals surface area contributed by atoms with Gasteiger partial charge in [-0.2, -0.15) is 0 Å². The Morgan fingerprint density at radius 2 is 1.79 bits per heavy atom. The van der Waals surface area contributed by atoms with Crippen LogP contribution in [0.1, 0.15) is 5.56 Å². The summed E-state index contributed by atoms with van der Waals surface area (Å²) in [6, 6.07) is 17.4. The van der Waals surface area contributed by atoms with Gasteiger partial charge in [0.15, 0.2) is 17.7 Å². The Bertz CT molecular complexity index is 934. The molecule has 0 bridgehead atoms. The zero-order valence-electron chi connectivity index (χ0n) is 15.6. The zero-order valence-corrected chi connectivity index (χ0v) is 15.6. The van der Waals surface area contributed by atoms with Gasteiger partial charge in [0.25, 0.3) is 0 Å². The van der Waals surface area contributed by atoms with Crippen molar-refractivity contribution in [3.8, 4) is 17.1 Å². The summed E-state index contributed by atoms with van der Waals surface area (Å²) >= 11 is 0. The number of rotatable bonds is 8. The first-order valence-electron chi connectivity index (χ1n) is 8.70. The lowest BCUT2D eigenvalue weighted by Crippen LogP contribution is -2.42. The molecule has 0 aliphatic rings. The first-order chi connectivity index (χ1) is 13.6. The molecule has 2 aromatic carbocycles. The first-order valence-corrected chi connectivity index (χ1v) is 8.70. The number of hydrogen-bond acceptors (Lipinski definition) is 6. The van der Waals surface area contributed by atoms with Gasteiger partial charge in [-0.1, -0.05) is 42.5 Å². The van der Waals surface area contributed by atoms with Gasteiger partial charge in [0, 0.05) is 18.7 Å². The molecule has 0 spiro atoms. The number of carbonyl (C=O) groups is 1. The third-order valence-corrected chi connectivity index (χ3v) is 4.25. The summed E-state index contributed by atoms with van der Waals surface area (Å²) in [4.78, 5) is 26.2. The van der Waals surface area contributed by atoms with Crippen LogP contribution in [0.2, 0.25) is 0 Å². The van der Waals surface area contributed by atoms with Crippen LogP contribution in [0.15, 0.2) is 66.9 Å². The van der Waals surface area contributed by atoms with E-state index >= 15 is 0 Å². The number of anilines is 1. The van der Waals surface area contributed by atoms with E-state index in [1.807, 2.05) is 54.6 Å². The highest BCUT2D eigenvalue weighted by Crippen LogP contribution is 2.28. The molecule has 1 N–H and O–H groups in total. The quantitative estimate of drug-likeness (QED) is 0.602. The molecule has 0 aliphatic carbocycles. The number of methoxy groups -OCH3 is 1. The van der Waals surface area contributed by atoms with Gasteiger partial charge in [0.05, 0.1) is 19.8 Å². The Balaban J connectivity index is 1.96. The summed E-state index contributed by atoms with van der Waals surface area (Å²) in [6.07, 6.45) is 1.83. The van der Waals surface area contributed by atoms with Gasteiger partial charge >= 0.3 is 5.97 Å². The van der Waals surface area contributed by atoms with Crippen LogP contribution in [0.4, 0.5) is 5.82 Å². The highest BCUT2D eigenvalue weighted by atomic mass is 16.7. The maximum atomic E-state index is 11.9. The average Bonchev–Trinajstić information content (AvgIpc) is 2.74. The Labute approximate surface area is 163 Å². The van der Waals surface area contributed by atoms with E-state index in [9.17, 15) is 9.90 Å². The molecule has 144 valence electrons. The highest BCUT2D eigenvalue weighted by molar-refractivity contribution is 5.77. The smallest absolute Gasteiger partial charge is 0.329 e. The molecule has 1 heterocycles. The number of nitrogens with zero attached hydrogens (tertiary/aromatic N) is 3. The van der Waals surface area contributed by atoms with Crippen molar-refractivity contribution in [2.24, 2.45) is 0 Å².